The number of methoxy groups -OCH3 is 1. The van der Waals surface area contributed by atoms with Gasteiger partial charge in [0, 0.05) is 12.6 Å². The molecular weight excluding hydrogens is 400 g/mol. The van der Waals surface area contributed by atoms with Crippen molar-refractivity contribution in [2.75, 3.05) is 20.3 Å². The predicted octanol–water partition coefficient (Wildman–Crippen LogP) is 2.55. The summed E-state index contributed by atoms with van der Waals surface area (Å²) in [5.41, 5.74) is 5.17. The lowest BCUT2D eigenvalue weighted by atomic mass is 9.99. The zero-order chi connectivity index (χ0) is 21.6. The molecule has 0 spiro atoms. The maximum Gasteiger partial charge on any atom is 0.339 e. The summed E-state index contributed by atoms with van der Waals surface area (Å²) in [5, 5.41) is 0.0543. The first-order chi connectivity index (χ1) is 13.8. The highest BCUT2D eigenvalue weighted by atomic mass is 35.5. The summed E-state index contributed by atoms with van der Waals surface area (Å²) in [5.74, 6) is -1.36. The van der Waals surface area contributed by atoms with E-state index in [-0.39, 0.29) is 40.6 Å². The number of primary amides is 1. The number of amides is 2. The molecule has 1 heterocycles. The number of benzene rings is 1. The van der Waals surface area contributed by atoms with Crippen molar-refractivity contribution < 1.29 is 28.6 Å². The standard InChI is InChI=1S/C20H27ClN2O6/c1-4-14-7-5-6-8-23(14)19(25)12(2)29-20(26)13-9-15(21)18(16(10-13)27-3)28-11-17(22)24/h9-10,12,14H,4-8,11H2,1-3H3,(H2,22,24). The van der Waals surface area contributed by atoms with Gasteiger partial charge in [0.2, 0.25) is 0 Å². The molecule has 2 unspecified atom stereocenters. The number of carbonyl (C=O) groups is 3. The Hall–Kier alpha value is -2.48. The molecule has 0 aliphatic carbocycles. The van der Waals surface area contributed by atoms with Gasteiger partial charge in [-0.05, 0) is 44.7 Å². The van der Waals surface area contributed by atoms with E-state index in [1.165, 1.54) is 19.2 Å². The van der Waals surface area contributed by atoms with Crippen molar-refractivity contribution in [1.82, 2.24) is 4.90 Å². The molecule has 0 aromatic heterocycles. The highest BCUT2D eigenvalue weighted by Crippen LogP contribution is 2.36. The summed E-state index contributed by atoms with van der Waals surface area (Å²) in [6.07, 6.45) is 2.95. The third-order valence-corrected chi connectivity index (χ3v) is 5.12. The minimum Gasteiger partial charge on any atom is -0.493 e. The monoisotopic (exact) mass is 426 g/mol. The Kier molecular flexibility index (Phi) is 8.13. The fourth-order valence-electron chi connectivity index (χ4n) is 3.35. The van der Waals surface area contributed by atoms with Gasteiger partial charge in [-0.15, -0.1) is 0 Å². The average Bonchev–Trinajstić information content (AvgIpc) is 2.71. The number of esters is 1. The molecule has 2 atom stereocenters. The number of nitrogens with two attached hydrogens (primary N) is 1. The first-order valence-corrected chi connectivity index (χ1v) is 9.96. The second-order valence-corrected chi connectivity index (χ2v) is 7.29. The molecule has 1 aromatic carbocycles. The third-order valence-electron chi connectivity index (χ3n) is 4.84. The predicted molar refractivity (Wildman–Crippen MR) is 107 cm³/mol. The van der Waals surface area contributed by atoms with Crippen LogP contribution in [0.5, 0.6) is 11.5 Å². The van der Waals surface area contributed by atoms with Gasteiger partial charge < -0.3 is 24.8 Å². The van der Waals surface area contributed by atoms with E-state index in [4.69, 9.17) is 31.5 Å². The van der Waals surface area contributed by atoms with Crippen LogP contribution < -0.4 is 15.2 Å². The van der Waals surface area contributed by atoms with Gasteiger partial charge in [-0.3, -0.25) is 9.59 Å². The molecule has 1 fully saturated rings. The van der Waals surface area contributed by atoms with E-state index < -0.39 is 18.0 Å². The lowest BCUT2D eigenvalue weighted by Gasteiger charge is -2.36. The van der Waals surface area contributed by atoms with Crippen LogP contribution in [0, 0.1) is 0 Å². The Morgan fingerprint density at radius 3 is 2.66 bits per heavy atom. The quantitative estimate of drug-likeness (QED) is 0.640. The minimum atomic E-state index is -0.926. The molecular formula is C20H27ClN2O6. The Labute approximate surface area is 175 Å². The maximum absolute atomic E-state index is 12.8. The molecule has 2 amide bonds. The van der Waals surface area contributed by atoms with Gasteiger partial charge in [0.15, 0.2) is 24.2 Å². The number of hydrogen-bond acceptors (Lipinski definition) is 6. The lowest BCUT2D eigenvalue weighted by Crippen LogP contribution is -2.48. The van der Waals surface area contributed by atoms with E-state index in [1.807, 2.05) is 6.92 Å². The van der Waals surface area contributed by atoms with Gasteiger partial charge in [-0.1, -0.05) is 18.5 Å². The number of piperidine rings is 1. The summed E-state index contributed by atoms with van der Waals surface area (Å²) in [6, 6.07) is 2.88. The van der Waals surface area contributed by atoms with Crippen LogP contribution in [0.15, 0.2) is 12.1 Å². The van der Waals surface area contributed by atoms with Gasteiger partial charge >= 0.3 is 5.97 Å². The van der Waals surface area contributed by atoms with Crippen molar-refractivity contribution in [3.63, 3.8) is 0 Å². The van der Waals surface area contributed by atoms with Gasteiger partial charge in [-0.2, -0.15) is 0 Å². The summed E-state index contributed by atoms with van der Waals surface area (Å²) < 4.78 is 15.8. The van der Waals surface area contributed by atoms with Crippen LogP contribution in [-0.4, -0.2) is 55.1 Å². The second kappa shape index (κ2) is 10.3. The Morgan fingerprint density at radius 1 is 1.31 bits per heavy atom. The van der Waals surface area contributed by atoms with Gasteiger partial charge in [0.05, 0.1) is 17.7 Å². The van der Waals surface area contributed by atoms with Gasteiger partial charge in [0.25, 0.3) is 11.8 Å². The number of rotatable bonds is 8. The van der Waals surface area contributed by atoms with Crippen molar-refractivity contribution in [2.24, 2.45) is 5.73 Å². The van der Waals surface area contributed by atoms with E-state index in [0.717, 1.165) is 25.7 Å². The molecule has 0 saturated carbocycles. The van der Waals surface area contributed by atoms with Crippen LogP contribution in [0.3, 0.4) is 0 Å². The largest absolute Gasteiger partial charge is 0.493 e. The number of likely N-dealkylation sites (tertiary alicyclic amines) is 1. The molecule has 8 nitrogen and oxygen atoms in total. The van der Waals surface area contributed by atoms with Gasteiger partial charge in [0.1, 0.15) is 0 Å². The number of hydrogen-bond donors (Lipinski definition) is 1. The van der Waals surface area contributed by atoms with Crippen molar-refractivity contribution in [3.8, 4) is 11.5 Å². The van der Waals surface area contributed by atoms with Crippen molar-refractivity contribution >= 4 is 29.4 Å². The normalized spacial score (nSPS) is 17.4. The average molecular weight is 427 g/mol. The van der Waals surface area contributed by atoms with Crippen LogP contribution >= 0.6 is 11.6 Å². The molecule has 2 rings (SSSR count). The van der Waals surface area contributed by atoms with Crippen LogP contribution in [0.25, 0.3) is 0 Å². The zero-order valence-corrected chi connectivity index (χ0v) is 17.7. The van der Waals surface area contributed by atoms with Crippen molar-refractivity contribution in [2.45, 2.75) is 51.7 Å². The fraction of sp³-hybridized carbons (Fsp3) is 0.550. The van der Waals surface area contributed by atoms with Crippen LogP contribution in [0.1, 0.15) is 49.9 Å². The molecule has 0 bridgehead atoms. The zero-order valence-electron chi connectivity index (χ0n) is 16.9. The summed E-state index contributed by atoms with van der Waals surface area (Å²) in [7, 11) is 1.37. The van der Waals surface area contributed by atoms with Crippen molar-refractivity contribution in [3.05, 3.63) is 22.7 Å². The molecule has 160 valence electrons. The van der Waals surface area contributed by atoms with Crippen LogP contribution in [0.4, 0.5) is 0 Å². The first kappa shape index (κ1) is 22.8. The summed E-state index contributed by atoms with van der Waals surface area (Å²) in [6.45, 7) is 3.89. The highest BCUT2D eigenvalue weighted by molar-refractivity contribution is 6.32. The van der Waals surface area contributed by atoms with Crippen molar-refractivity contribution in [1.29, 1.82) is 0 Å². The Morgan fingerprint density at radius 2 is 2.03 bits per heavy atom. The molecule has 2 N–H and O–H groups in total. The number of halogens is 1. The molecule has 1 saturated heterocycles. The van der Waals surface area contributed by atoms with E-state index >= 15 is 0 Å². The number of carbonyl (C=O) groups excluding carboxylic acids is 3. The van der Waals surface area contributed by atoms with E-state index in [9.17, 15) is 14.4 Å². The highest BCUT2D eigenvalue weighted by Gasteiger charge is 2.31. The molecule has 29 heavy (non-hydrogen) atoms. The summed E-state index contributed by atoms with van der Waals surface area (Å²) >= 11 is 6.16. The molecule has 9 heteroatoms. The molecule has 1 aliphatic rings. The Bertz CT molecular complexity index is 770. The topological polar surface area (TPSA) is 108 Å². The van der Waals surface area contributed by atoms with E-state index in [0.29, 0.717) is 6.54 Å². The van der Waals surface area contributed by atoms with Gasteiger partial charge in [-0.25, -0.2) is 4.79 Å². The first-order valence-electron chi connectivity index (χ1n) is 9.58. The SMILES string of the molecule is CCC1CCCCN1C(=O)C(C)OC(=O)c1cc(Cl)c(OCC(N)=O)c(OC)c1. The number of ether oxygens (including phenoxy) is 3. The number of nitrogens with zero attached hydrogens (tertiary/aromatic N) is 1. The van der Waals surface area contributed by atoms with Crippen LogP contribution in [0.2, 0.25) is 5.02 Å². The second-order valence-electron chi connectivity index (χ2n) is 6.88. The summed E-state index contributed by atoms with van der Waals surface area (Å²) in [4.78, 5) is 38.1. The smallest absolute Gasteiger partial charge is 0.339 e. The van der Waals surface area contributed by atoms with Crippen LogP contribution in [-0.2, 0) is 14.3 Å². The maximum atomic E-state index is 12.8. The van der Waals surface area contributed by atoms with E-state index in [1.54, 1.807) is 11.8 Å². The lowest BCUT2D eigenvalue weighted by molar-refractivity contribution is -0.143. The molecule has 1 aromatic rings. The molecule has 0 radical (unpaired) electrons. The third kappa shape index (κ3) is 5.76. The Balaban J connectivity index is 2.12. The minimum absolute atomic E-state index is 0.0543. The molecule has 1 aliphatic heterocycles. The fourth-order valence-corrected chi connectivity index (χ4v) is 3.61. The van der Waals surface area contributed by atoms with E-state index in [2.05, 4.69) is 0 Å².